The summed E-state index contributed by atoms with van der Waals surface area (Å²) >= 11 is 0.924. The number of nitrogens with two attached hydrogens (primary N) is 1. The normalized spacial score (nSPS) is 10.2. The molecule has 9 heteroatoms. The van der Waals surface area contributed by atoms with Gasteiger partial charge in [0, 0.05) is 0 Å². The second kappa shape index (κ2) is 6.15. The van der Waals surface area contributed by atoms with Gasteiger partial charge in [0.05, 0.1) is 11.4 Å². The van der Waals surface area contributed by atoms with Gasteiger partial charge in [-0.25, -0.2) is 4.39 Å². The minimum Gasteiger partial charge on any atom is -0.334 e. The monoisotopic (exact) mass is 295 g/mol. The minimum absolute atomic E-state index is 0.0797. The summed E-state index contributed by atoms with van der Waals surface area (Å²) in [6, 6.07) is 5.81. The molecule has 1 amide bonds. The summed E-state index contributed by atoms with van der Waals surface area (Å²) in [6.45, 7) is 0. The molecule has 0 spiro atoms. The van der Waals surface area contributed by atoms with Gasteiger partial charge in [-0.15, -0.1) is 5.10 Å². The number of nitrogens with one attached hydrogen (secondary N) is 1. The van der Waals surface area contributed by atoms with Crippen LogP contribution in [-0.4, -0.2) is 26.5 Å². The lowest BCUT2D eigenvalue weighted by atomic mass is 10.3. The van der Waals surface area contributed by atoms with Crippen molar-refractivity contribution in [2.75, 3.05) is 16.9 Å². The van der Waals surface area contributed by atoms with Crippen molar-refractivity contribution in [1.29, 1.82) is 0 Å². The van der Waals surface area contributed by atoms with E-state index in [4.69, 9.17) is 5.84 Å². The fourth-order valence-electron chi connectivity index (χ4n) is 1.31. The molecular formula is C11H10FN5O2S. The van der Waals surface area contributed by atoms with Crippen LogP contribution in [0.25, 0.3) is 0 Å². The van der Waals surface area contributed by atoms with E-state index in [1.165, 1.54) is 18.2 Å². The molecular weight excluding hydrogens is 285 g/mol. The first kappa shape index (κ1) is 14.0. The van der Waals surface area contributed by atoms with Crippen LogP contribution < -0.4 is 16.7 Å². The van der Waals surface area contributed by atoms with Crippen molar-refractivity contribution in [2.45, 2.75) is 5.16 Å². The lowest BCUT2D eigenvalue weighted by Crippen LogP contribution is -2.30. The smallest absolute Gasteiger partial charge is 0.291 e. The number of nitrogen functional groups attached to an aromatic ring is 1. The van der Waals surface area contributed by atoms with Gasteiger partial charge in [0.15, 0.2) is 0 Å². The Morgan fingerprint density at radius 1 is 1.45 bits per heavy atom. The Balaban J connectivity index is 1.98. The first-order valence-corrected chi connectivity index (χ1v) is 6.43. The number of halogens is 1. The number of nitrogens with zero attached hydrogens (tertiary/aromatic N) is 3. The van der Waals surface area contributed by atoms with Crippen molar-refractivity contribution in [3.8, 4) is 0 Å². The maximum atomic E-state index is 13.3. The van der Waals surface area contributed by atoms with Gasteiger partial charge >= 0.3 is 0 Å². The van der Waals surface area contributed by atoms with Crippen molar-refractivity contribution in [1.82, 2.24) is 14.9 Å². The highest BCUT2D eigenvalue weighted by molar-refractivity contribution is 7.99. The van der Waals surface area contributed by atoms with Crippen LogP contribution in [0.3, 0.4) is 0 Å². The molecule has 0 atom stereocenters. The molecule has 0 aliphatic heterocycles. The highest BCUT2D eigenvalue weighted by Crippen LogP contribution is 2.15. The largest absolute Gasteiger partial charge is 0.334 e. The molecule has 0 radical (unpaired) electrons. The van der Waals surface area contributed by atoms with E-state index in [9.17, 15) is 14.0 Å². The van der Waals surface area contributed by atoms with Gasteiger partial charge in [-0.05, 0) is 12.1 Å². The predicted octanol–water partition coefficient (Wildman–Crippen LogP) is 0.222. The van der Waals surface area contributed by atoms with Crippen LogP contribution >= 0.6 is 11.8 Å². The molecule has 0 unspecified atom stereocenters. The summed E-state index contributed by atoms with van der Waals surface area (Å²) in [4.78, 5) is 22.9. The fraction of sp³-hybridized carbons (Fsp3) is 0.0909. The number of thioether (sulfide) groups is 1. The molecule has 104 valence electrons. The predicted molar refractivity (Wildman–Crippen MR) is 72.2 cm³/mol. The highest BCUT2D eigenvalue weighted by atomic mass is 32.2. The highest BCUT2D eigenvalue weighted by Gasteiger charge is 2.10. The maximum absolute atomic E-state index is 13.3. The van der Waals surface area contributed by atoms with Crippen LogP contribution in [-0.2, 0) is 4.79 Å². The van der Waals surface area contributed by atoms with E-state index < -0.39 is 17.3 Å². The Bertz CT molecular complexity index is 691. The molecule has 1 aromatic heterocycles. The standard InChI is InChI=1S/C11H10FN5O2S/c12-7-3-1-2-4-8(7)15-9(18)6-20-11-16-14-5-10(19)17(11)13/h1-5H,6,13H2,(H,15,18). The Kier molecular flexibility index (Phi) is 4.31. The number of carbonyl (C=O) groups excluding carboxylic acids is 1. The summed E-state index contributed by atoms with van der Waals surface area (Å²) in [5.41, 5.74) is -0.445. The quantitative estimate of drug-likeness (QED) is 0.618. The molecule has 0 saturated carbocycles. The lowest BCUT2D eigenvalue weighted by Gasteiger charge is -2.06. The second-order valence-corrected chi connectivity index (χ2v) is 4.59. The maximum Gasteiger partial charge on any atom is 0.291 e. The van der Waals surface area contributed by atoms with Crippen LogP contribution in [0.1, 0.15) is 0 Å². The average Bonchev–Trinajstić information content (AvgIpc) is 2.43. The number of para-hydroxylation sites is 1. The lowest BCUT2D eigenvalue weighted by molar-refractivity contribution is -0.113. The summed E-state index contributed by atoms with van der Waals surface area (Å²) < 4.78 is 14.1. The fourth-order valence-corrected chi connectivity index (χ4v) is 1.98. The van der Waals surface area contributed by atoms with E-state index in [2.05, 4.69) is 15.5 Å². The van der Waals surface area contributed by atoms with E-state index in [0.29, 0.717) is 0 Å². The van der Waals surface area contributed by atoms with Gasteiger partial charge < -0.3 is 11.2 Å². The summed E-state index contributed by atoms with van der Waals surface area (Å²) in [6.07, 6.45) is 0.962. The van der Waals surface area contributed by atoms with Crippen LogP contribution in [0.4, 0.5) is 10.1 Å². The SMILES string of the molecule is Nn1c(SCC(=O)Nc2ccccc2F)nncc1=O. The topological polar surface area (TPSA) is 103 Å². The zero-order chi connectivity index (χ0) is 14.5. The molecule has 0 fully saturated rings. The van der Waals surface area contributed by atoms with Crippen molar-refractivity contribution in [3.05, 3.63) is 46.6 Å². The van der Waals surface area contributed by atoms with E-state index in [1.807, 2.05) is 0 Å². The molecule has 0 bridgehead atoms. The van der Waals surface area contributed by atoms with Crippen molar-refractivity contribution in [2.24, 2.45) is 0 Å². The van der Waals surface area contributed by atoms with Crippen molar-refractivity contribution < 1.29 is 9.18 Å². The Labute approximate surface area is 117 Å². The molecule has 7 nitrogen and oxygen atoms in total. The van der Waals surface area contributed by atoms with E-state index in [-0.39, 0.29) is 16.6 Å². The van der Waals surface area contributed by atoms with Crippen LogP contribution in [0.2, 0.25) is 0 Å². The van der Waals surface area contributed by atoms with Gasteiger partial charge in [-0.3, -0.25) is 9.59 Å². The molecule has 2 aromatic rings. The number of rotatable bonds is 4. The first-order chi connectivity index (χ1) is 9.58. The molecule has 3 N–H and O–H groups in total. The summed E-state index contributed by atoms with van der Waals surface area (Å²) in [7, 11) is 0. The zero-order valence-electron chi connectivity index (χ0n) is 10.1. The van der Waals surface area contributed by atoms with E-state index in [1.54, 1.807) is 6.07 Å². The van der Waals surface area contributed by atoms with Gasteiger partial charge in [-0.2, -0.15) is 9.77 Å². The van der Waals surface area contributed by atoms with Crippen LogP contribution in [0, 0.1) is 5.82 Å². The molecule has 0 aliphatic rings. The van der Waals surface area contributed by atoms with E-state index in [0.717, 1.165) is 22.6 Å². The Hall–Kier alpha value is -2.42. The number of amides is 1. The molecule has 0 aliphatic carbocycles. The van der Waals surface area contributed by atoms with Crippen LogP contribution in [0.5, 0.6) is 0 Å². The number of hydrogen-bond donors (Lipinski definition) is 2. The van der Waals surface area contributed by atoms with Gasteiger partial charge in [0.2, 0.25) is 11.1 Å². The summed E-state index contributed by atoms with van der Waals surface area (Å²) in [5, 5.41) is 9.58. The first-order valence-electron chi connectivity index (χ1n) is 5.45. The second-order valence-electron chi connectivity index (χ2n) is 3.65. The molecule has 2 rings (SSSR count). The van der Waals surface area contributed by atoms with Crippen LogP contribution in [0.15, 0.2) is 40.4 Å². The number of hydrogen-bond acceptors (Lipinski definition) is 6. The third-order valence-corrected chi connectivity index (χ3v) is 3.18. The summed E-state index contributed by atoms with van der Waals surface area (Å²) in [5.74, 6) is 4.38. The van der Waals surface area contributed by atoms with Gasteiger partial charge in [-0.1, -0.05) is 23.9 Å². The number of benzene rings is 1. The number of carbonyl (C=O) groups is 1. The molecule has 1 aromatic carbocycles. The Morgan fingerprint density at radius 3 is 2.95 bits per heavy atom. The zero-order valence-corrected chi connectivity index (χ0v) is 10.9. The average molecular weight is 295 g/mol. The number of aromatic nitrogens is 3. The number of anilines is 1. The Morgan fingerprint density at radius 2 is 2.20 bits per heavy atom. The molecule has 1 heterocycles. The molecule has 0 saturated heterocycles. The van der Waals surface area contributed by atoms with Crippen molar-refractivity contribution >= 4 is 23.4 Å². The van der Waals surface area contributed by atoms with Gasteiger partial charge in [0.25, 0.3) is 5.56 Å². The third kappa shape index (κ3) is 3.32. The molecule has 20 heavy (non-hydrogen) atoms. The minimum atomic E-state index is -0.531. The van der Waals surface area contributed by atoms with Crippen molar-refractivity contribution in [3.63, 3.8) is 0 Å². The van der Waals surface area contributed by atoms with Gasteiger partial charge in [0.1, 0.15) is 12.0 Å². The third-order valence-electron chi connectivity index (χ3n) is 2.24. The van der Waals surface area contributed by atoms with E-state index >= 15 is 0 Å².